The minimum Gasteiger partial charge on any atom is -0.322 e. The first-order valence-electron chi connectivity index (χ1n) is 7.14. The molecule has 0 aromatic heterocycles. The van der Waals surface area contributed by atoms with Crippen LogP contribution in [0.15, 0.2) is 36.4 Å². The topological polar surface area (TPSA) is 41.1 Å². The quantitative estimate of drug-likeness (QED) is 0.894. The molecule has 2 rings (SSSR count). The van der Waals surface area contributed by atoms with E-state index in [-0.39, 0.29) is 18.3 Å². The Balaban J connectivity index is 0.00000242. The van der Waals surface area contributed by atoms with Gasteiger partial charge in [0.1, 0.15) is 0 Å². The Kier molecular flexibility index (Phi) is 6.60. The zero-order valence-corrected chi connectivity index (χ0v) is 14.3. The Morgan fingerprint density at radius 2 is 1.68 bits per heavy atom. The van der Waals surface area contributed by atoms with Crippen molar-refractivity contribution in [2.24, 2.45) is 0 Å². The molecule has 0 aliphatic carbocycles. The standard InChI is InChI=1S/C18H22N2O.ClH/c1-12-8-13(2)17(14(3)9-12)18(21)20-16-7-5-6-15(10-16)11-19-4;/h5-10,19H,11H2,1-4H3,(H,20,21);1H. The molecule has 2 N–H and O–H groups in total. The second-order valence-electron chi connectivity index (χ2n) is 5.46. The summed E-state index contributed by atoms with van der Waals surface area (Å²) in [6, 6.07) is 12.0. The molecule has 0 spiro atoms. The number of halogens is 1. The number of benzene rings is 2. The smallest absolute Gasteiger partial charge is 0.256 e. The van der Waals surface area contributed by atoms with E-state index in [1.54, 1.807) is 0 Å². The molecule has 2 aromatic carbocycles. The van der Waals surface area contributed by atoms with Crippen LogP contribution in [0.4, 0.5) is 5.69 Å². The predicted molar refractivity (Wildman–Crippen MR) is 95.1 cm³/mol. The Labute approximate surface area is 138 Å². The van der Waals surface area contributed by atoms with Crippen LogP contribution in [-0.4, -0.2) is 13.0 Å². The molecular formula is C18H23ClN2O. The lowest BCUT2D eigenvalue weighted by atomic mass is 9.99. The monoisotopic (exact) mass is 318 g/mol. The third-order valence-corrected chi connectivity index (χ3v) is 3.47. The summed E-state index contributed by atoms with van der Waals surface area (Å²) in [4.78, 5) is 12.5. The van der Waals surface area contributed by atoms with Gasteiger partial charge in [-0.05, 0) is 56.6 Å². The van der Waals surface area contributed by atoms with E-state index in [4.69, 9.17) is 0 Å². The van der Waals surface area contributed by atoms with E-state index < -0.39 is 0 Å². The number of carbonyl (C=O) groups excluding carboxylic acids is 1. The molecule has 0 atom stereocenters. The molecule has 2 aromatic rings. The molecule has 1 amide bonds. The number of nitrogens with one attached hydrogen (secondary N) is 2. The number of hydrogen-bond acceptors (Lipinski definition) is 2. The summed E-state index contributed by atoms with van der Waals surface area (Å²) < 4.78 is 0. The van der Waals surface area contributed by atoms with E-state index in [0.29, 0.717) is 0 Å². The SMILES string of the molecule is CNCc1cccc(NC(=O)c2c(C)cc(C)cc2C)c1.Cl. The highest BCUT2D eigenvalue weighted by atomic mass is 35.5. The average Bonchev–Trinajstić information content (AvgIpc) is 2.38. The first kappa shape index (κ1) is 18.2. The van der Waals surface area contributed by atoms with Gasteiger partial charge in [0.15, 0.2) is 0 Å². The van der Waals surface area contributed by atoms with Crippen molar-refractivity contribution < 1.29 is 4.79 Å². The number of carbonyl (C=O) groups is 1. The first-order chi connectivity index (χ1) is 10.0. The van der Waals surface area contributed by atoms with Crippen molar-refractivity contribution in [2.75, 3.05) is 12.4 Å². The van der Waals surface area contributed by atoms with Gasteiger partial charge >= 0.3 is 0 Å². The Morgan fingerprint density at radius 1 is 1.05 bits per heavy atom. The highest BCUT2D eigenvalue weighted by molar-refractivity contribution is 6.06. The van der Waals surface area contributed by atoms with Crippen molar-refractivity contribution in [3.63, 3.8) is 0 Å². The maximum absolute atomic E-state index is 12.5. The fraction of sp³-hybridized carbons (Fsp3) is 0.278. The molecule has 118 valence electrons. The van der Waals surface area contributed by atoms with Gasteiger partial charge in [-0.3, -0.25) is 4.79 Å². The van der Waals surface area contributed by atoms with Gasteiger partial charge in [-0.1, -0.05) is 29.8 Å². The van der Waals surface area contributed by atoms with Crippen molar-refractivity contribution in [3.05, 3.63) is 64.2 Å². The van der Waals surface area contributed by atoms with Gasteiger partial charge in [-0.15, -0.1) is 12.4 Å². The molecule has 0 saturated carbocycles. The third-order valence-electron chi connectivity index (χ3n) is 3.47. The molecule has 0 fully saturated rings. The van der Waals surface area contributed by atoms with Crippen molar-refractivity contribution in [2.45, 2.75) is 27.3 Å². The fourth-order valence-electron chi connectivity index (χ4n) is 2.69. The molecule has 0 unspecified atom stereocenters. The van der Waals surface area contributed by atoms with E-state index in [0.717, 1.165) is 34.5 Å². The summed E-state index contributed by atoms with van der Waals surface area (Å²) in [6.07, 6.45) is 0. The minimum atomic E-state index is -0.0494. The highest BCUT2D eigenvalue weighted by Crippen LogP contribution is 2.19. The van der Waals surface area contributed by atoms with Gasteiger partial charge in [0.25, 0.3) is 5.91 Å². The molecular weight excluding hydrogens is 296 g/mol. The molecule has 0 radical (unpaired) electrons. The van der Waals surface area contributed by atoms with E-state index in [1.165, 1.54) is 5.56 Å². The molecule has 0 aliphatic heterocycles. The normalized spacial score (nSPS) is 10.0. The molecule has 4 heteroatoms. The zero-order valence-electron chi connectivity index (χ0n) is 13.5. The summed E-state index contributed by atoms with van der Waals surface area (Å²) in [7, 11) is 1.91. The summed E-state index contributed by atoms with van der Waals surface area (Å²) in [5.41, 5.74) is 5.93. The number of aryl methyl sites for hydroxylation is 3. The highest BCUT2D eigenvalue weighted by Gasteiger charge is 2.13. The van der Waals surface area contributed by atoms with Gasteiger partial charge in [-0.25, -0.2) is 0 Å². The minimum absolute atomic E-state index is 0. The van der Waals surface area contributed by atoms with Crippen LogP contribution in [0, 0.1) is 20.8 Å². The van der Waals surface area contributed by atoms with E-state index in [1.807, 2.05) is 64.2 Å². The summed E-state index contributed by atoms with van der Waals surface area (Å²) >= 11 is 0. The van der Waals surface area contributed by atoms with Crippen LogP contribution in [-0.2, 0) is 6.54 Å². The van der Waals surface area contributed by atoms with E-state index in [2.05, 4.69) is 10.6 Å². The second kappa shape index (κ2) is 7.97. The van der Waals surface area contributed by atoms with E-state index >= 15 is 0 Å². The van der Waals surface area contributed by atoms with Crippen LogP contribution < -0.4 is 10.6 Å². The summed E-state index contributed by atoms with van der Waals surface area (Å²) in [6.45, 7) is 6.79. The third kappa shape index (κ3) is 4.33. The maximum atomic E-state index is 12.5. The summed E-state index contributed by atoms with van der Waals surface area (Å²) in [5.74, 6) is -0.0494. The van der Waals surface area contributed by atoms with Gasteiger partial charge in [0.2, 0.25) is 0 Å². The van der Waals surface area contributed by atoms with Crippen molar-refractivity contribution in [1.29, 1.82) is 0 Å². The Bertz CT molecular complexity index is 645. The average molecular weight is 319 g/mol. The van der Waals surface area contributed by atoms with Gasteiger partial charge in [0, 0.05) is 17.8 Å². The van der Waals surface area contributed by atoms with Gasteiger partial charge in [-0.2, -0.15) is 0 Å². The lowest BCUT2D eigenvalue weighted by Gasteiger charge is -2.12. The fourth-order valence-corrected chi connectivity index (χ4v) is 2.69. The predicted octanol–water partition coefficient (Wildman–Crippen LogP) is 4.01. The van der Waals surface area contributed by atoms with Crippen molar-refractivity contribution in [3.8, 4) is 0 Å². The number of rotatable bonds is 4. The molecule has 0 saturated heterocycles. The van der Waals surface area contributed by atoms with Crippen LogP contribution in [0.1, 0.15) is 32.6 Å². The van der Waals surface area contributed by atoms with Gasteiger partial charge < -0.3 is 10.6 Å². The molecule has 3 nitrogen and oxygen atoms in total. The first-order valence-corrected chi connectivity index (χ1v) is 7.14. The van der Waals surface area contributed by atoms with Crippen LogP contribution in [0.25, 0.3) is 0 Å². The van der Waals surface area contributed by atoms with Crippen LogP contribution in [0.5, 0.6) is 0 Å². The summed E-state index contributed by atoms with van der Waals surface area (Å²) in [5, 5.41) is 6.10. The Morgan fingerprint density at radius 3 is 2.27 bits per heavy atom. The molecule has 0 heterocycles. The molecule has 0 aliphatic rings. The maximum Gasteiger partial charge on any atom is 0.256 e. The van der Waals surface area contributed by atoms with Crippen LogP contribution in [0.3, 0.4) is 0 Å². The number of hydrogen-bond donors (Lipinski definition) is 2. The number of amides is 1. The lowest BCUT2D eigenvalue weighted by Crippen LogP contribution is -2.15. The van der Waals surface area contributed by atoms with Crippen molar-refractivity contribution >= 4 is 24.0 Å². The zero-order chi connectivity index (χ0) is 15.4. The number of anilines is 1. The van der Waals surface area contributed by atoms with E-state index in [9.17, 15) is 4.79 Å². The largest absolute Gasteiger partial charge is 0.322 e. The van der Waals surface area contributed by atoms with Crippen molar-refractivity contribution in [1.82, 2.24) is 5.32 Å². The Hall–Kier alpha value is -1.84. The molecule has 0 bridgehead atoms. The van der Waals surface area contributed by atoms with Crippen LogP contribution in [0.2, 0.25) is 0 Å². The van der Waals surface area contributed by atoms with Gasteiger partial charge in [0.05, 0.1) is 0 Å². The molecule has 22 heavy (non-hydrogen) atoms. The lowest BCUT2D eigenvalue weighted by molar-refractivity contribution is 0.102. The second-order valence-corrected chi connectivity index (χ2v) is 5.46. The van der Waals surface area contributed by atoms with Crippen LogP contribution >= 0.6 is 12.4 Å².